The molecule has 1 fully saturated rings. The average Bonchev–Trinajstić information content (AvgIpc) is 2.44. The van der Waals surface area contributed by atoms with Gasteiger partial charge in [-0.05, 0) is 33.1 Å². The first-order chi connectivity index (χ1) is 9.75. The Kier molecular flexibility index (Phi) is 5.99. The number of carboxylic acids is 1. The third kappa shape index (κ3) is 5.61. The van der Waals surface area contributed by atoms with Gasteiger partial charge in [-0.2, -0.15) is 0 Å². The van der Waals surface area contributed by atoms with Crippen molar-refractivity contribution >= 4 is 17.9 Å². The van der Waals surface area contributed by atoms with Crippen molar-refractivity contribution in [3.05, 3.63) is 0 Å². The number of likely N-dealkylation sites (tertiary alicyclic amines) is 1. The van der Waals surface area contributed by atoms with Gasteiger partial charge < -0.3 is 20.6 Å². The summed E-state index contributed by atoms with van der Waals surface area (Å²) in [6.45, 7) is 4.62. The molecule has 1 aliphatic rings. The number of aliphatic carboxylic acids is 1. The van der Waals surface area contributed by atoms with E-state index < -0.39 is 11.5 Å². The van der Waals surface area contributed by atoms with Gasteiger partial charge in [0.2, 0.25) is 5.91 Å². The molecule has 0 bridgehead atoms. The molecule has 3 N–H and O–H groups in total. The molecule has 1 heterocycles. The lowest BCUT2D eigenvalue weighted by Gasteiger charge is -2.35. The van der Waals surface area contributed by atoms with Gasteiger partial charge in [-0.15, -0.1) is 0 Å². The number of hydrogen-bond acceptors (Lipinski definition) is 3. The average molecular weight is 299 g/mol. The van der Waals surface area contributed by atoms with E-state index in [9.17, 15) is 14.4 Å². The molecule has 0 spiro atoms. The van der Waals surface area contributed by atoms with Crippen LogP contribution in [0.1, 0.15) is 39.5 Å². The van der Waals surface area contributed by atoms with Crippen LogP contribution in [-0.2, 0) is 9.59 Å². The fourth-order valence-corrected chi connectivity index (χ4v) is 2.43. The minimum atomic E-state index is -0.880. The molecular formula is C14H25N3O4. The molecule has 0 aromatic heterocycles. The second-order valence-electron chi connectivity index (χ2n) is 6.11. The molecule has 120 valence electrons. The van der Waals surface area contributed by atoms with Crippen molar-refractivity contribution < 1.29 is 19.5 Å². The number of carboxylic acid groups (broad SMARTS) is 1. The first kappa shape index (κ1) is 17.3. The summed E-state index contributed by atoms with van der Waals surface area (Å²) in [5.41, 5.74) is -0.588. The van der Waals surface area contributed by atoms with E-state index in [-0.39, 0.29) is 24.3 Å². The summed E-state index contributed by atoms with van der Waals surface area (Å²) in [5.74, 6) is -1.09. The number of nitrogens with one attached hydrogen (secondary N) is 2. The zero-order valence-corrected chi connectivity index (χ0v) is 12.9. The maximum absolute atomic E-state index is 12.3. The highest BCUT2D eigenvalue weighted by Crippen LogP contribution is 2.18. The maximum atomic E-state index is 12.3. The Morgan fingerprint density at radius 2 is 2.00 bits per heavy atom. The van der Waals surface area contributed by atoms with Crippen molar-refractivity contribution in [3.63, 3.8) is 0 Å². The molecule has 0 saturated carbocycles. The Morgan fingerprint density at radius 3 is 2.57 bits per heavy atom. The fraction of sp³-hybridized carbons (Fsp3) is 0.786. The van der Waals surface area contributed by atoms with Gasteiger partial charge in [0, 0.05) is 32.1 Å². The van der Waals surface area contributed by atoms with E-state index in [1.807, 2.05) is 0 Å². The van der Waals surface area contributed by atoms with E-state index in [1.165, 1.54) is 0 Å². The van der Waals surface area contributed by atoms with Crippen LogP contribution in [0.4, 0.5) is 4.79 Å². The van der Waals surface area contributed by atoms with Crippen molar-refractivity contribution in [3.8, 4) is 0 Å². The number of amides is 3. The van der Waals surface area contributed by atoms with Crippen LogP contribution in [0.5, 0.6) is 0 Å². The minimum absolute atomic E-state index is 0.00808. The van der Waals surface area contributed by atoms with Crippen LogP contribution in [0.25, 0.3) is 0 Å². The van der Waals surface area contributed by atoms with Gasteiger partial charge in [-0.3, -0.25) is 9.59 Å². The van der Waals surface area contributed by atoms with Crippen LogP contribution >= 0.6 is 0 Å². The topological polar surface area (TPSA) is 98.7 Å². The summed E-state index contributed by atoms with van der Waals surface area (Å²) < 4.78 is 0. The number of hydrogen-bond donors (Lipinski definition) is 3. The summed E-state index contributed by atoms with van der Waals surface area (Å²) in [6.07, 6.45) is 1.95. The standard InChI is InChI=1S/C14H25N3O4/c1-14(2,7-6-11(18)19)16-13(21)17-8-4-5-10(9-17)12(20)15-3/h10H,4-9H2,1-3H3,(H,15,20)(H,16,21)(H,18,19). The second-order valence-corrected chi connectivity index (χ2v) is 6.11. The van der Waals surface area contributed by atoms with Gasteiger partial charge in [0.25, 0.3) is 0 Å². The third-order valence-corrected chi connectivity index (χ3v) is 3.73. The van der Waals surface area contributed by atoms with Gasteiger partial charge in [0.1, 0.15) is 0 Å². The van der Waals surface area contributed by atoms with E-state index in [0.29, 0.717) is 19.5 Å². The summed E-state index contributed by atoms with van der Waals surface area (Å²) in [4.78, 5) is 36.2. The summed E-state index contributed by atoms with van der Waals surface area (Å²) >= 11 is 0. The first-order valence-corrected chi connectivity index (χ1v) is 7.25. The van der Waals surface area contributed by atoms with E-state index in [4.69, 9.17) is 5.11 Å². The lowest BCUT2D eigenvalue weighted by atomic mass is 9.96. The molecule has 0 radical (unpaired) electrons. The maximum Gasteiger partial charge on any atom is 0.317 e. The molecule has 1 atom stereocenters. The highest BCUT2D eigenvalue weighted by molar-refractivity contribution is 5.80. The molecule has 0 aromatic carbocycles. The highest BCUT2D eigenvalue weighted by Gasteiger charge is 2.30. The summed E-state index contributed by atoms with van der Waals surface area (Å²) in [7, 11) is 1.59. The van der Waals surface area contributed by atoms with Crippen LogP contribution in [0.3, 0.4) is 0 Å². The number of nitrogens with zero attached hydrogens (tertiary/aromatic N) is 1. The first-order valence-electron chi connectivity index (χ1n) is 7.25. The molecule has 1 unspecified atom stereocenters. The molecule has 21 heavy (non-hydrogen) atoms. The van der Waals surface area contributed by atoms with Crippen molar-refractivity contribution in [1.29, 1.82) is 0 Å². The van der Waals surface area contributed by atoms with Crippen molar-refractivity contribution in [2.75, 3.05) is 20.1 Å². The third-order valence-electron chi connectivity index (χ3n) is 3.73. The van der Waals surface area contributed by atoms with E-state index in [0.717, 1.165) is 12.8 Å². The van der Waals surface area contributed by atoms with Crippen LogP contribution in [0.15, 0.2) is 0 Å². The minimum Gasteiger partial charge on any atom is -0.481 e. The Balaban J connectivity index is 2.54. The highest BCUT2D eigenvalue weighted by atomic mass is 16.4. The fourth-order valence-electron chi connectivity index (χ4n) is 2.43. The Hall–Kier alpha value is -1.79. The van der Waals surface area contributed by atoms with Gasteiger partial charge >= 0.3 is 12.0 Å². The van der Waals surface area contributed by atoms with Gasteiger partial charge in [0.05, 0.1) is 5.92 Å². The summed E-state index contributed by atoms with van der Waals surface area (Å²) in [5, 5.41) is 14.2. The van der Waals surface area contributed by atoms with E-state index >= 15 is 0 Å². The van der Waals surface area contributed by atoms with Crippen molar-refractivity contribution in [2.24, 2.45) is 5.92 Å². The SMILES string of the molecule is CNC(=O)C1CCCN(C(=O)NC(C)(C)CCC(=O)O)C1. The van der Waals surface area contributed by atoms with Crippen LogP contribution in [0.2, 0.25) is 0 Å². The summed E-state index contributed by atoms with van der Waals surface area (Å²) in [6, 6.07) is -0.237. The molecule has 7 nitrogen and oxygen atoms in total. The Labute approximate surface area is 125 Å². The molecule has 1 aliphatic heterocycles. The molecule has 3 amide bonds. The Bertz CT molecular complexity index is 409. The lowest BCUT2D eigenvalue weighted by Crippen LogP contribution is -2.53. The van der Waals surface area contributed by atoms with Gasteiger partial charge in [0.15, 0.2) is 0 Å². The van der Waals surface area contributed by atoms with Crippen molar-refractivity contribution in [1.82, 2.24) is 15.5 Å². The Morgan fingerprint density at radius 1 is 1.33 bits per heavy atom. The number of carbonyl (C=O) groups is 3. The van der Waals surface area contributed by atoms with Crippen molar-refractivity contribution in [2.45, 2.75) is 45.1 Å². The van der Waals surface area contributed by atoms with Gasteiger partial charge in [-0.1, -0.05) is 0 Å². The molecule has 0 aliphatic carbocycles. The predicted molar refractivity (Wildman–Crippen MR) is 77.8 cm³/mol. The number of carbonyl (C=O) groups excluding carboxylic acids is 2. The largest absolute Gasteiger partial charge is 0.481 e. The molecule has 0 aromatic rings. The molecule has 7 heteroatoms. The quantitative estimate of drug-likeness (QED) is 0.699. The van der Waals surface area contributed by atoms with Gasteiger partial charge in [-0.25, -0.2) is 4.79 Å². The predicted octanol–water partition coefficient (Wildman–Crippen LogP) is 0.797. The second kappa shape index (κ2) is 7.28. The normalized spacial score (nSPS) is 19.0. The van der Waals surface area contributed by atoms with Crippen LogP contribution < -0.4 is 10.6 Å². The smallest absolute Gasteiger partial charge is 0.317 e. The monoisotopic (exact) mass is 299 g/mol. The lowest BCUT2D eigenvalue weighted by molar-refractivity contribution is -0.137. The zero-order chi connectivity index (χ0) is 16.0. The van der Waals surface area contributed by atoms with E-state index in [2.05, 4.69) is 10.6 Å². The zero-order valence-electron chi connectivity index (χ0n) is 12.9. The van der Waals surface area contributed by atoms with Crippen LogP contribution in [0, 0.1) is 5.92 Å². The van der Waals surface area contributed by atoms with Crippen LogP contribution in [-0.4, -0.2) is 53.6 Å². The number of rotatable bonds is 5. The molecule has 1 rings (SSSR count). The number of urea groups is 1. The molecular weight excluding hydrogens is 274 g/mol. The number of piperidine rings is 1. The molecule has 1 saturated heterocycles. The van der Waals surface area contributed by atoms with E-state index in [1.54, 1.807) is 25.8 Å².